The number of hydrogen-bond acceptors (Lipinski definition) is 0. The van der Waals surface area contributed by atoms with E-state index in [1.165, 1.54) is 0 Å². The van der Waals surface area contributed by atoms with Gasteiger partial charge >= 0.3 is 46.1 Å². The van der Waals surface area contributed by atoms with Crippen LogP contribution in [0.15, 0.2) is 0 Å². The second kappa shape index (κ2) is 27.8. The Morgan fingerprint density at radius 2 is 0.800 bits per heavy atom. The first kappa shape index (κ1) is 43.2. The fourth-order valence-corrected chi connectivity index (χ4v) is 0. The Balaban J connectivity index is 0. The molecule has 0 fully saturated rings. The molecule has 0 bridgehead atoms. The van der Waals surface area contributed by atoms with Crippen molar-refractivity contribution in [3.8, 4) is 0 Å². The molecule has 5 heavy (non-hydrogen) atoms. The maximum Gasteiger partial charge on any atom is 0.316 e. The third-order valence-electron chi connectivity index (χ3n) is 0. The van der Waals surface area contributed by atoms with Crippen molar-refractivity contribution >= 4 is 99.5 Å². The van der Waals surface area contributed by atoms with E-state index in [-0.39, 0.29) is 99.5 Å². The van der Waals surface area contributed by atoms with Crippen LogP contribution in [0.1, 0.15) is 0 Å². The minimum Gasteiger partial charge on any atom is -0.147 e. The lowest BCUT2D eigenvalue weighted by molar-refractivity contribution is 5.75. The average Bonchev–Trinajstić information content (AvgIpc) is 0. The molecule has 0 saturated carbocycles. The first-order chi connectivity index (χ1) is 0. The molecule has 0 aliphatic heterocycles. The van der Waals surface area contributed by atoms with E-state index >= 15 is 0 Å². The zero-order valence-corrected chi connectivity index (χ0v) is 6.08. The molecule has 0 aliphatic carbocycles. The topological polar surface area (TPSA) is 0 Å². The molecule has 0 nitrogen and oxygen atoms in total. The monoisotopic (exact) mass is 296 g/mol. The smallest absolute Gasteiger partial charge is 0.147 e. The Labute approximate surface area is 97.7 Å². The molecule has 0 N–H and O–H groups in total. The first-order valence-corrected chi connectivity index (χ1v) is 0. The van der Waals surface area contributed by atoms with Crippen molar-refractivity contribution in [3.05, 3.63) is 0 Å². The van der Waals surface area contributed by atoms with Crippen LogP contribution in [0, 0.1) is 0 Å². The van der Waals surface area contributed by atoms with Gasteiger partial charge in [0, 0.05) is 0 Å². The number of halogens is 3. The quantitative estimate of drug-likeness (QED) is 0.429. The summed E-state index contributed by atoms with van der Waals surface area (Å²) in [7, 11) is 0. The number of hydrogen-bond donors (Lipinski definition) is 0. The fraction of sp³-hybridized carbons (Fsp3) is 0. The molecule has 0 saturated heterocycles. The molecular formula is H7BrClIMg2. The van der Waals surface area contributed by atoms with Gasteiger partial charge in [0.05, 0.1) is 0 Å². The lowest BCUT2D eigenvalue weighted by atomic mass is 24.3. The highest BCUT2D eigenvalue weighted by molar-refractivity contribution is 14.0. The molecule has 0 radical (unpaired) electrons. The zero-order chi connectivity index (χ0) is 0. The molecule has 0 aromatic heterocycles. The van der Waals surface area contributed by atoms with E-state index in [2.05, 4.69) is 0 Å². The summed E-state index contributed by atoms with van der Waals surface area (Å²) >= 11 is 0. The molecule has 0 amide bonds. The van der Waals surface area contributed by atoms with Gasteiger partial charge in [0.25, 0.3) is 0 Å². The van der Waals surface area contributed by atoms with Gasteiger partial charge in [-0.2, -0.15) is 0 Å². The molecule has 0 aromatic rings. The van der Waals surface area contributed by atoms with E-state index in [0.29, 0.717) is 0 Å². The minimum absolute atomic E-state index is 0. The standard InChI is InChI=1S/BrH.ClH.HI.2Mg.4H/h3*1H;;;;;;. The highest BCUT2D eigenvalue weighted by Gasteiger charge is 0.317. The molecule has 0 heterocycles. The Morgan fingerprint density at radius 1 is 0.800 bits per heavy atom. The van der Waals surface area contributed by atoms with Crippen molar-refractivity contribution in [1.82, 2.24) is 0 Å². The second-order valence-corrected chi connectivity index (χ2v) is 0. The van der Waals surface area contributed by atoms with E-state index in [9.17, 15) is 0 Å². The van der Waals surface area contributed by atoms with E-state index in [1.54, 1.807) is 0 Å². The molecule has 0 unspecified atom stereocenters. The van der Waals surface area contributed by atoms with Crippen LogP contribution >= 0.6 is 53.4 Å². The van der Waals surface area contributed by atoms with Crippen molar-refractivity contribution in [1.29, 1.82) is 0 Å². The largest absolute Gasteiger partial charge is 0.316 e. The normalized spacial score (nSPS) is 0. The maximum absolute atomic E-state index is 0. The van der Waals surface area contributed by atoms with Gasteiger partial charge in [0.2, 0.25) is 0 Å². The summed E-state index contributed by atoms with van der Waals surface area (Å²) in [5.74, 6) is 0. The fourth-order valence-electron chi connectivity index (χ4n) is 0. The van der Waals surface area contributed by atoms with Crippen LogP contribution in [0.2, 0.25) is 0 Å². The SMILES string of the molecule is Br.Cl.I.[MgH2].[MgH2]. The molecule has 32 valence electrons. The van der Waals surface area contributed by atoms with Crippen LogP contribution in [0.25, 0.3) is 0 Å². The van der Waals surface area contributed by atoms with E-state index in [4.69, 9.17) is 0 Å². The average molecular weight is 298 g/mol. The van der Waals surface area contributed by atoms with E-state index in [0.717, 1.165) is 0 Å². The third-order valence-corrected chi connectivity index (χ3v) is 0. The Kier molecular flexibility index (Phi) is 240. The predicted molar refractivity (Wildman–Crippen MR) is 50.1 cm³/mol. The lowest BCUT2D eigenvalue weighted by Crippen LogP contribution is -0.382. The highest BCUT2D eigenvalue weighted by Crippen LogP contribution is 0.886. The van der Waals surface area contributed by atoms with Gasteiger partial charge in [0.15, 0.2) is 0 Å². The van der Waals surface area contributed by atoms with Gasteiger partial charge in [-0.15, -0.1) is 53.4 Å². The molecule has 0 rings (SSSR count). The summed E-state index contributed by atoms with van der Waals surface area (Å²) in [5.41, 5.74) is 0. The summed E-state index contributed by atoms with van der Waals surface area (Å²) in [6.45, 7) is 0. The highest BCUT2D eigenvalue weighted by atomic mass is 127. The minimum atomic E-state index is 0. The Bertz CT molecular complexity index is 9.61. The molecule has 0 aromatic carbocycles. The van der Waals surface area contributed by atoms with Crippen molar-refractivity contribution in [2.75, 3.05) is 0 Å². The first-order valence-electron chi connectivity index (χ1n) is 0. The van der Waals surface area contributed by atoms with Crippen LogP contribution in [0.5, 0.6) is 0 Å². The maximum atomic E-state index is 0. The van der Waals surface area contributed by atoms with Gasteiger partial charge < -0.3 is 0 Å². The Morgan fingerprint density at radius 3 is 0.800 bits per heavy atom. The van der Waals surface area contributed by atoms with Gasteiger partial charge in [-0.05, 0) is 0 Å². The van der Waals surface area contributed by atoms with Crippen LogP contribution in [-0.4, -0.2) is 46.1 Å². The van der Waals surface area contributed by atoms with Crippen molar-refractivity contribution in [2.45, 2.75) is 0 Å². The summed E-state index contributed by atoms with van der Waals surface area (Å²) in [6, 6.07) is 0. The second-order valence-electron chi connectivity index (χ2n) is 0. The lowest BCUT2D eigenvalue weighted by Gasteiger charge is -0.147. The summed E-state index contributed by atoms with van der Waals surface area (Å²) in [6.07, 6.45) is 0. The van der Waals surface area contributed by atoms with Crippen molar-refractivity contribution in [3.63, 3.8) is 0 Å². The molecule has 5 heteroatoms. The van der Waals surface area contributed by atoms with Crippen molar-refractivity contribution < 1.29 is 0 Å². The van der Waals surface area contributed by atoms with Gasteiger partial charge in [0.1, 0.15) is 0 Å². The zero-order valence-electron chi connectivity index (χ0n) is 1.22. The van der Waals surface area contributed by atoms with Crippen LogP contribution in [-0.2, 0) is 0 Å². The molecule has 0 atom stereocenters. The third kappa shape index (κ3) is 19.4. The summed E-state index contributed by atoms with van der Waals surface area (Å²) < 4.78 is 0. The summed E-state index contributed by atoms with van der Waals surface area (Å²) in [4.78, 5) is 0. The van der Waals surface area contributed by atoms with E-state index < -0.39 is 0 Å². The van der Waals surface area contributed by atoms with Crippen LogP contribution in [0.3, 0.4) is 0 Å². The number of rotatable bonds is 0. The molecular weight excluding hydrogens is 291 g/mol. The predicted octanol–water partition coefficient (Wildman–Crippen LogP) is -0.215. The van der Waals surface area contributed by atoms with Gasteiger partial charge in [-0.25, -0.2) is 0 Å². The summed E-state index contributed by atoms with van der Waals surface area (Å²) in [5, 5.41) is 0. The van der Waals surface area contributed by atoms with Crippen molar-refractivity contribution in [2.24, 2.45) is 0 Å². The van der Waals surface area contributed by atoms with Gasteiger partial charge in [-0.1, -0.05) is 0 Å². The van der Waals surface area contributed by atoms with Crippen LogP contribution in [0.4, 0.5) is 0 Å². The van der Waals surface area contributed by atoms with Crippen LogP contribution < -0.4 is 0 Å². The molecule has 0 aliphatic rings. The molecule has 0 spiro atoms. The van der Waals surface area contributed by atoms with E-state index in [1.807, 2.05) is 0 Å². The Hall–Kier alpha value is 3.03. The van der Waals surface area contributed by atoms with Gasteiger partial charge in [-0.3, -0.25) is 0 Å².